The van der Waals surface area contributed by atoms with Crippen molar-refractivity contribution in [2.75, 3.05) is 13.1 Å². The maximum atomic E-state index is 6.10. The summed E-state index contributed by atoms with van der Waals surface area (Å²) in [6, 6.07) is 5.91. The molecule has 1 N–H and O–H groups in total. The molecule has 18 heavy (non-hydrogen) atoms. The van der Waals surface area contributed by atoms with Crippen molar-refractivity contribution in [3.63, 3.8) is 0 Å². The minimum atomic E-state index is 0.224. The van der Waals surface area contributed by atoms with E-state index in [1.54, 1.807) is 0 Å². The van der Waals surface area contributed by atoms with E-state index >= 15 is 0 Å². The molecule has 0 spiro atoms. The molecule has 2 nitrogen and oxygen atoms in total. The first-order valence-corrected chi connectivity index (χ1v) is 7.24. The highest BCUT2D eigenvalue weighted by Gasteiger charge is 2.08. The van der Waals surface area contributed by atoms with Crippen molar-refractivity contribution in [2.45, 2.75) is 46.1 Å². The fraction of sp³-hybridized carbons (Fsp3) is 0.600. The Balaban J connectivity index is 2.58. The average Bonchev–Trinajstić information content (AvgIpc) is 2.39. The minimum Gasteiger partial charge on any atom is -0.489 e. The van der Waals surface area contributed by atoms with Crippen LogP contribution in [0.3, 0.4) is 0 Å². The highest BCUT2D eigenvalue weighted by atomic mass is 35.5. The zero-order valence-corrected chi connectivity index (χ0v) is 12.4. The van der Waals surface area contributed by atoms with Gasteiger partial charge in [0.15, 0.2) is 0 Å². The number of ether oxygens (including phenoxy) is 1. The third-order valence-electron chi connectivity index (χ3n) is 2.95. The van der Waals surface area contributed by atoms with Crippen molar-refractivity contribution >= 4 is 11.6 Å². The van der Waals surface area contributed by atoms with E-state index in [0.717, 1.165) is 48.7 Å². The summed E-state index contributed by atoms with van der Waals surface area (Å²) < 4.78 is 5.99. The summed E-state index contributed by atoms with van der Waals surface area (Å²) in [6.07, 6.45) is 3.31. The van der Waals surface area contributed by atoms with Crippen molar-refractivity contribution in [1.82, 2.24) is 5.32 Å². The third kappa shape index (κ3) is 4.87. The molecule has 0 aliphatic carbocycles. The Morgan fingerprint density at radius 1 is 1.28 bits per heavy atom. The number of hydrogen-bond donors (Lipinski definition) is 1. The normalized spacial score (nSPS) is 12.4. The van der Waals surface area contributed by atoms with E-state index in [2.05, 4.69) is 26.1 Å². The number of nitrogens with one attached hydrogen (secondary N) is 1. The Bertz CT molecular complexity index is 354. The summed E-state index contributed by atoms with van der Waals surface area (Å²) in [7, 11) is 0. The highest BCUT2D eigenvalue weighted by Crippen LogP contribution is 2.23. The molecular weight excluding hydrogens is 246 g/mol. The summed E-state index contributed by atoms with van der Waals surface area (Å²) in [6.45, 7) is 8.36. The fourth-order valence-corrected chi connectivity index (χ4v) is 2.05. The molecule has 0 fully saturated rings. The first kappa shape index (κ1) is 15.3. The highest BCUT2D eigenvalue weighted by molar-refractivity contribution is 6.31. The molecular formula is C15H24ClNO. The van der Waals surface area contributed by atoms with Gasteiger partial charge in [-0.1, -0.05) is 32.4 Å². The van der Waals surface area contributed by atoms with Crippen LogP contribution >= 0.6 is 11.6 Å². The molecule has 1 aromatic rings. The van der Waals surface area contributed by atoms with Gasteiger partial charge in [0.1, 0.15) is 11.9 Å². The molecule has 1 aromatic carbocycles. The summed E-state index contributed by atoms with van der Waals surface area (Å²) in [5.74, 6) is 0.918. The first-order valence-electron chi connectivity index (χ1n) is 6.87. The van der Waals surface area contributed by atoms with Gasteiger partial charge in [-0.25, -0.2) is 0 Å². The zero-order chi connectivity index (χ0) is 13.4. The SMILES string of the molecule is CCCNCC(CC)Oc1ccc(Cl)c(CC)c1. The molecule has 1 rings (SSSR count). The summed E-state index contributed by atoms with van der Waals surface area (Å²) in [5.41, 5.74) is 1.14. The van der Waals surface area contributed by atoms with E-state index < -0.39 is 0 Å². The lowest BCUT2D eigenvalue weighted by molar-refractivity contribution is 0.193. The Labute approximate surface area is 116 Å². The second kappa shape index (κ2) is 8.39. The standard InChI is InChI=1S/C15H24ClNO/c1-4-9-17-11-13(6-3)18-14-7-8-15(16)12(5-2)10-14/h7-8,10,13,17H,4-6,9,11H2,1-3H3. The molecule has 0 aliphatic rings. The van der Waals surface area contributed by atoms with Gasteiger partial charge >= 0.3 is 0 Å². The van der Waals surface area contributed by atoms with Gasteiger partial charge in [-0.2, -0.15) is 0 Å². The van der Waals surface area contributed by atoms with Crippen molar-refractivity contribution in [3.05, 3.63) is 28.8 Å². The lowest BCUT2D eigenvalue weighted by Gasteiger charge is -2.18. The lowest BCUT2D eigenvalue weighted by atomic mass is 10.1. The lowest BCUT2D eigenvalue weighted by Crippen LogP contribution is -2.31. The van der Waals surface area contributed by atoms with Gasteiger partial charge < -0.3 is 10.1 Å². The van der Waals surface area contributed by atoms with Crippen LogP contribution < -0.4 is 10.1 Å². The molecule has 0 saturated heterocycles. The zero-order valence-electron chi connectivity index (χ0n) is 11.6. The molecule has 0 heterocycles. The third-order valence-corrected chi connectivity index (χ3v) is 3.32. The van der Waals surface area contributed by atoms with Crippen LogP contribution in [0.5, 0.6) is 5.75 Å². The van der Waals surface area contributed by atoms with Crippen molar-refractivity contribution in [2.24, 2.45) is 0 Å². The maximum Gasteiger partial charge on any atom is 0.120 e. The summed E-state index contributed by atoms with van der Waals surface area (Å²) >= 11 is 6.10. The number of benzene rings is 1. The summed E-state index contributed by atoms with van der Waals surface area (Å²) in [5, 5.41) is 4.22. The molecule has 0 aliphatic heterocycles. The minimum absolute atomic E-state index is 0.224. The Morgan fingerprint density at radius 2 is 2.06 bits per heavy atom. The molecule has 0 amide bonds. The first-order chi connectivity index (χ1) is 8.71. The van der Waals surface area contributed by atoms with Crippen LogP contribution in [0.1, 0.15) is 39.2 Å². The number of aryl methyl sites for hydroxylation is 1. The Morgan fingerprint density at radius 3 is 2.67 bits per heavy atom. The second-order valence-electron chi connectivity index (χ2n) is 4.46. The van der Waals surface area contributed by atoms with Gasteiger partial charge in [0.2, 0.25) is 0 Å². The van der Waals surface area contributed by atoms with Gasteiger partial charge in [0.05, 0.1) is 0 Å². The molecule has 1 unspecified atom stereocenters. The predicted molar refractivity (Wildman–Crippen MR) is 78.7 cm³/mol. The number of hydrogen-bond acceptors (Lipinski definition) is 2. The number of halogens is 1. The average molecular weight is 270 g/mol. The van der Waals surface area contributed by atoms with Crippen LogP contribution in [0.4, 0.5) is 0 Å². The Hall–Kier alpha value is -0.730. The molecule has 0 bridgehead atoms. The van der Waals surface area contributed by atoms with Crippen LogP contribution in [-0.4, -0.2) is 19.2 Å². The van der Waals surface area contributed by atoms with Crippen molar-refractivity contribution in [1.29, 1.82) is 0 Å². The van der Waals surface area contributed by atoms with Crippen LogP contribution in [-0.2, 0) is 6.42 Å². The van der Waals surface area contributed by atoms with Crippen LogP contribution in [0.25, 0.3) is 0 Å². The van der Waals surface area contributed by atoms with Crippen LogP contribution in [0, 0.1) is 0 Å². The molecule has 1 atom stereocenters. The molecule has 0 saturated carbocycles. The predicted octanol–water partition coefficient (Wildman–Crippen LogP) is 4.06. The van der Waals surface area contributed by atoms with E-state index in [0.29, 0.717) is 0 Å². The van der Waals surface area contributed by atoms with Gasteiger partial charge in [-0.15, -0.1) is 0 Å². The van der Waals surface area contributed by atoms with E-state index in [1.807, 2.05) is 18.2 Å². The quantitative estimate of drug-likeness (QED) is 0.719. The van der Waals surface area contributed by atoms with Crippen molar-refractivity contribution < 1.29 is 4.74 Å². The van der Waals surface area contributed by atoms with E-state index in [9.17, 15) is 0 Å². The molecule has 3 heteroatoms. The largest absolute Gasteiger partial charge is 0.489 e. The van der Waals surface area contributed by atoms with Gasteiger partial charge in [0.25, 0.3) is 0 Å². The summed E-state index contributed by atoms with van der Waals surface area (Å²) in [4.78, 5) is 0. The molecule has 0 aromatic heterocycles. The number of rotatable bonds is 8. The maximum absolute atomic E-state index is 6.10. The fourth-order valence-electron chi connectivity index (χ4n) is 1.80. The smallest absolute Gasteiger partial charge is 0.120 e. The van der Waals surface area contributed by atoms with Gasteiger partial charge in [0, 0.05) is 11.6 Å². The van der Waals surface area contributed by atoms with E-state index in [4.69, 9.17) is 16.3 Å². The topological polar surface area (TPSA) is 21.3 Å². The van der Waals surface area contributed by atoms with E-state index in [1.165, 1.54) is 0 Å². The molecule has 0 radical (unpaired) electrons. The monoisotopic (exact) mass is 269 g/mol. The van der Waals surface area contributed by atoms with Gasteiger partial charge in [-0.3, -0.25) is 0 Å². The van der Waals surface area contributed by atoms with Crippen molar-refractivity contribution in [3.8, 4) is 5.75 Å². The Kier molecular flexibility index (Phi) is 7.14. The molecule has 102 valence electrons. The van der Waals surface area contributed by atoms with Gasteiger partial charge in [-0.05, 0) is 49.6 Å². The second-order valence-corrected chi connectivity index (χ2v) is 4.87. The van der Waals surface area contributed by atoms with Crippen LogP contribution in [0.2, 0.25) is 5.02 Å². The van der Waals surface area contributed by atoms with Crippen LogP contribution in [0.15, 0.2) is 18.2 Å². The van der Waals surface area contributed by atoms with E-state index in [-0.39, 0.29) is 6.10 Å².